The molecule has 0 radical (unpaired) electrons. The van der Waals surface area contributed by atoms with Crippen molar-refractivity contribution in [3.05, 3.63) is 0 Å². The summed E-state index contributed by atoms with van der Waals surface area (Å²) in [5.41, 5.74) is 0. The number of rotatable bonds is 3. The highest BCUT2D eigenvalue weighted by molar-refractivity contribution is 4.70. The van der Waals surface area contributed by atoms with E-state index in [0.29, 0.717) is 6.04 Å². The summed E-state index contributed by atoms with van der Waals surface area (Å²) in [5, 5.41) is 0. The zero-order chi connectivity index (χ0) is 7.56. The minimum absolute atomic E-state index is 0.667. The predicted molar refractivity (Wildman–Crippen MR) is 42.1 cm³/mol. The Labute approximate surface area is 63.2 Å². The third-order valence-corrected chi connectivity index (χ3v) is 2.13. The molecular formula is C8H17NO. The van der Waals surface area contributed by atoms with Gasteiger partial charge < -0.3 is 9.64 Å². The predicted octanol–water partition coefficient (Wildman–Crippen LogP) is 0.973. The van der Waals surface area contributed by atoms with Gasteiger partial charge in [0.15, 0.2) is 0 Å². The van der Waals surface area contributed by atoms with Gasteiger partial charge in [-0.2, -0.15) is 0 Å². The van der Waals surface area contributed by atoms with Crippen LogP contribution in [0.5, 0.6) is 0 Å². The molecule has 1 fully saturated rings. The van der Waals surface area contributed by atoms with Crippen LogP contribution in [0.25, 0.3) is 0 Å². The highest BCUT2D eigenvalue weighted by Crippen LogP contribution is 2.11. The van der Waals surface area contributed by atoms with Crippen molar-refractivity contribution in [1.82, 2.24) is 4.90 Å². The van der Waals surface area contributed by atoms with Gasteiger partial charge in [0.05, 0.1) is 13.2 Å². The molecule has 0 saturated carbocycles. The molecule has 0 atom stereocenters. The minimum atomic E-state index is 0.667. The Bertz CT molecular complexity index is 99.4. The average molecular weight is 143 g/mol. The standard InChI is InChI=1S/C8H17NO/c1-7(2)9(3)4-8-5-10-6-8/h7-8H,4-6H2,1-3H3. The van der Waals surface area contributed by atoms with Gasteiger partial charge in [0.1, 0.15) is 0 Å². The van der Waals surface area contributed by atoms with Crippen LogP contribution in [0.1, 0.15) is 13.8 Å². The highest BCUT2D eigenvalue weighted by Gasteiger charge is 2.20. The van der Waals surface area contributed by atoms with Crippen molar-refractivity contribution < 1.29 is 4.74 Å². The van der Waals surface area contributed by atoms with E-state index in [1.807, 2.05) is 0 Å². The van der Waals surface area contributed by atoms with Crippen LogP contribution < -0.4 is 0 Å². The maximum Gasteiger partial charge on any atom is 0.0528 e. The first-order valence-electron chi connectivity index (χ1n) is 3.98. The summed E-state index contributed by atoms with van der Waals surface area (Å²) >= 11 is 0. The number of hydrogen-bond donors (Lipinski definition) is 0. The van der Waals surface area contributed by atoms with E-state index >= 15 is 0 Å². The van der Waals surface area contributed by atoms with E-state index < -0.39 is 0 Å². The lowest BCUT2D eigenvalue weighted by atomic mass is 10.1. The zero-order valence-electron chi connectivity index (χ0n) is 7.13. The fourth-order valence-corrected chi connectivity index (χ4v) is 1.01. The summed E-state index contributed by atoms with van der Waals surface area (Å²) in [7, 11) is 2.17. The molecule has 0 amide bonds. The summed E-state index contributed by atoms with van der Waals surface area (Å²) < 4.78 is 5.09. The van der Waals surface area contributed by atoms with Gasteiger partial charge in [-0.15, -0.1) is 0 Å². The van der Waals surface area contributed by atoms with Gasteiger partial charge in [-0.3, -0.25) is 0 Å². The van der Waals surface area contributed by atoms with Gasteiger partial charge in [0, 0.05) is 18.5 Å². The summed E-state index contributed by atoms with van der Waals surface area (Å²) in [6.07, 6.45) is 0. The van der Waals surface area contributed by atoms with Crippen LogP contribution in [-0.4, -0.2) is 37.7 Å². The third kappa shape index (κ3) is 1.96. The molecule has 0 aromatic rings. The zero-order valence-corrected chi connectivity index (χ0v) is 7.13. The Morgan fingerprint density at radius 3 is 2.40 bits per heavy atom. The molecule has 2 heteroatoms. The minimum Gasteiger partial charge on any atom is -0.381 e. The molecule has 1 rings (SSSR count). The van der Waals surface area contributed by atoms with Crippen LogP contribution in [0.15, 0.2) is 0 Å². The molecule has 1 saturated heterocycles. The first-order chi connectivity index (χ1) is 4.70. The molecule has 0 N–H and O–H groups in total. The van der Waals surface area contributed by atoms with Gasteiger partial charge in [-0.1, -0.05) is 0 Å². The molecule has 10 heavy (non-hydrogen) atoms. The Hall–Kier alpha value is -0.0800. The topological polar surface area (TPSA) is 12.5 Å². The Balaban J connectivity index is 2.10. The summed E-state index contributed by atoms with van der Waals surface area (Å²) in [5.74, 6) is 0.799. The summed E-state index contributed by atoms with van der Waals surface area (Å²) in [6, 6.07) is 0.667. The third-order valence-electron chi connectivity index (χ3n) is 2.13. The van der Waals surface area contributed by atoms with Crippen LogP contribution in [0, 0.1) is 5.92 Å². The summed E-state index contributed by atoms with van der Waals surface area (Å²) in [6.45, 7) is 7.57. The normalized spacial score (nSPS) is 20.1. The second-order valence-corrected chi connectivity index (χ2v) is 3.44. The Morgan fingerprint density at radius 1 is 1.50 bits per heavy atom. The maximum atomic E-state index is 5.09. The molecule has 0 aliphatic carbocycles. The van der Waals surface area contributed by atoms with Crippen molar-refractivity contribution in [2.45, 2.75) is 19.9 Å². The summed E-state index contributed by atoms with van der Waals surface area (Å²) in [4.78, 5) is 2.37. The molecule has 0 unspecified atom stereocenters. The molecule has 1 heterocycles. The number of hydrogen-bond acceptors (Lipinski definition) is 2. The molecular weight excluding hydrogens is 126 g/mol. The second-order valence-electron chi connectivity index (χ2n) is 3.44. The molecule has 0 bridgehead atoms. The van der Waals surface area contributed by atoms with Crippen LogP contribution in [0.2, 0.25) is 0 Å². The van der Waals surface area contributed by atoms with E-state index in [4.69, 9.17) is 4.74 Å². The van der Waals surface area contributed by atoms with Crippen LogP contribution in [0.4, 0.5) is 0 Å². The van der Waals surface area contributed by atoms with Gasteiger partial charge in [-0.25, -0.2) is 0 Å². The first-order valence-corrected chi connectivity index (χ1v) is 3.98. The van der Waals surface area contributed by atoms with Gasteiger partial charge in [-0.05, 0) is 20.9 Å². The van der Waals surface area contributed by atoms with E-state index in [2.05, 4.69) is 25.8 Å². The Kier molecular flexibility index (Phi) is 2.69. The molecule has 1 aliphatic rings. The van der Waals surface area contributed by atoms with Crippen molar-refractivity contribution in [2.75, 3.05) is 26.8 Å². The average Bonchev–Trinajstić information content (AvgIpc) is 1.77. The largest absolute Gasteiger partial charge is 0.381 e. The quantitative estimate of drug-likeness (QED) is 0.584. The van der Waals surface area contributed by atoms with E-state index in [0.717, 1.165) is 19.1 Å². The van der Waals surface area contributed by atoms with Crippen molar-refractivity contribution in [3.63, 3.8) is 0 Å². The van der Waals surface area contributed by atoms with Crippen molar-refractivity contribution >= 4 is 0 Å². The lowest BCUT2D eigenvalue weighted by Gasteiger charge is -2.32. The Morgan fingerprint density at radius 2 is 2.10 bits per heavy atom. The van der Waals surface area contributed by atoms with Crippen molar-refractivity contribution in [2.24, 2.45) is 5.92 Å². The molecule has 2 nitrogen and oxygen atoms in total. The van der Waals surface area contributed by atoms with Crippen molar-refractivity contribution in [3.8, 4) is 0 Å². The molecule has 0 aromatic heterocycles. The SMILES string of the molecule is CC(C)N(C)CC1COC1. The lowest BCUT2D eigenvalue weighted by molar-refractivity contribution is -0.0465. The van der Waals surface area contributed by atoms with Crippen LogP contribution in [-0.2, 0) is 4.74 Å². The smallest absolute Gasteiger partial charge is 0.0528 e. The van der Waals surface area contributed by atoms with Gasteiger partial charge in [0.25, 0.3) is 0 Å². The van der Waals surface area contributed by atoms with Crippen LogP contribution >= 0.6 is 0 Å². The fourth-order valence-electron chi connectivity index (χ4n) is 1.01. The molecule has 0 spiro atoms. The van der Waals surface area contributed by atoms with E-state index in [9.17, 15) is 0 Å². The number of ether oxygens (including phenoxy) is 1. The second kappa shape index (κ2) is 3.35. The van der Waals surface area contributed by atoms with Crippen LogP contribution in [0.3, 0.4) is 0 Å². The van der Waals surface area contributed by atoms with E-state index in [1.54, 1.807) is 0 Å². The molecule has 1 aliphatic heterocycles. The fraction of sp³-hybridized carbons (Fsp3) is 1.00. The monoisotopic (exact) mass is 143 g/mol. The highest BCUT2D eigenvalue weighted by atomic mass is 16.5. The molecule has 0 aromatic carbocycles. The lowest BCUT2D eigenvalue weighted by Crippen LogP contribution is -2.40. The van der Waals surface area contributed by atoms with E-state index in [1.165, 1.54) is 6.54 Å². The van der Waals surface area contributed by atoms with Crippen molar-refractivity contribution in [1.29, 1.82) is 0 Å². The van der Waals surface area contributed by atoms with Gasteiger partial charge in [0.2, 0.25) is 0 Å². The van der Waals surface area contributed by atoms with E-state index in [-0.39, 0.29) is 0 Å². The maximum absolute atomic E-state index is 5.09. The molecule has 60 valence electrons. The number of nitrogens with zero attached hydrogens (tertiary/aromatic N) is 1. The van der Waals surface area contributed by atoms with Gasteiger partial charge >= 0.3 is 0 Å². The first kappa shape index (κ1) is 8.02.